The molecule has 7 nitrogen and oxygen atoms in total. The van der Waals surface area contributed by atoms with Crippen LogP contribution in [0.5, 0.6) is 5.75 Å². The predicted octanol–water partition coefficient (Wildman–Crippen LogP) is 2.73. The number of thiazole rings is 1. The molecule has 0 aliphatic carbocycles. The van der Waals surface area contributed by atoms with Gasteiger partial charge in [0.2, 0.25) is 0 Å². The Bertz CT molecular complexity index is 798. The Hall–Kier alpha value is -2.16. The molecule has 164 valence electrons. The highest BCUT2D eigenvalue weighted by molar-refractivity contribution is 7.11. The molecular weight excluding hydrogens is 398 g/mol. The van der Waals surface area contributed by atoms with Crippen molar-refractivity contribution in [2.45, 2.75) is 33.9 Å². The van der Waals surface area contributed by atoms with Gasteiger partial charge in [-0.1, -0.05) is 18.2 Å². The Kier molecular flexibility index (Phi) is 8.92. The molecular formula is C22H33N5O2S. The van der Waals surface area contributed by atoms with Crippen molar-refractivity contribution in [1.82, 2.24) is 20.5 Å². The van der Waals surface area contributed by atoms with Gasteiger partial charge in [0.15, 0.2) is 5.96 Å². The fraction of sp³-hybridized carbons (Fsp3) is 0.545. The van der Waals surface area contributed by atoms with Crippen molar-refractivity contribution in [2.75, 3.05) is 46.0 Å². The summed E-state index contributed by atoms with van der Waals surface area (Å²) in [7, 11) is 0. The lowest BCUT2D eigenvalue weighted by atomic mass is 10.2. The molecule has 1 saturated heterocycles. The maximum absolute atomic E-state index is 6.08. The molecule has 2 N–H and O–H groups in total. The third-order valence-electron chi connectivity index (χ3n) is 4.97. The van der Waals surface area contributed by atoms with Crippen molar-refractivity contribution < 1.29 is 9.47 Å². The maximum Gasteiger partial charge on any atom is 0.191 e. The number of morpholine rings is 1. The van der Waals surface area contributed by atoms with Crippen molar-refractivity contribution in [3.63, 3.8) is 0 Å². The van der Waals surface area contributed by atoms with E-state index >= 15 is 0 Å². The van der Waals surface area contributed by atoms with E-state index in [2.05, 4.69) is 40.4 Å². The monoisotopic (exact) mass is 431 g/mol. The van der Waals surface area contributed by atoms with E-state index in [-0.39, 0.29) is 0 Å². The Morgan fingerprint density at radius 2 is 2.03 bits per heavy atom. The highest BCUT2D eigenvalue weighted by atomic mass is 32.1. The van der Waals surface area contributed by atoms with Crippen LogP contribution >= 0.6 is 11.3 Å². The van der Waals surface area contributed by atoms with Crippen molar-refractivity contribution in [3.8, 4) is 5.75 Å². The number of benzene rings is 1. The number of aromatic nitrogens is 1. The van der Waals surface area contributed by atoms with E-state index in [1.54, 1.807) is 11.3 Å². The van der Waals surface area contributed by atoms with Gasteiger partial charge < -0.3 is 20.1 Å². The van der Waals surface area contributed by atoms with Gasteiger partial charge in [0.25, 0.3) is 0 Å². The van der Waals surface area contributed by atoms with Gasteiger partial charge in [-0.05, 0) is 26.8 Å². The smallest absolute Gasteiger partial charge is 0.191 e. The molecule has 8 heteroatoms. The molecule has 0 amide bonds. The number of hydrogen-bond donors (Lipinski definition) is 2. The van der Waals surface area contributed by atoms with Crippen molar-refractivity contribution >= 4 is 17.3 Å². The molecule has 2 aromatic rings. The number of ether oxygens (including phenoxy) is 2. The number of guanidine groups is 1. The molecule has 0 atom stereocenters. The molecule has 0 bridgehead atoms. The summed E-state index contributed by atoms with van der Waals surface area (Å²) in [5.74, 6) is 1.68. The third kappa shape index (κ3) is 6.97. The summed E-state index contributed by atoms with van der Waals surface area (Å²) in [6, 6.07) is 8.13. The van der Waals surface area contributed by atoms with Crippen LogP contribution in [-0.4, -0.2) is 61.8 Å². The molecule has 2 heterocycles. The fourth-order valence-corrected chi connectivity index (χ4v) is 4.04. The maximum atomic E-state index is 6.08. The first kappa shape index (κ1) is 22.5. The number of aliphatic imine (C=N–C) groups is 1. The van der Waals surface area contributed by atoms with E-state index in [0.717, 1.165) is 67.4 Å². The first-order chi connectivity index (χ1) is 14.7. The van der Waals surface area contributed by atoms with E-state index in [4.69, 9.17) is 14.5 Å². The van der Waals surface area contributed by atoms with E-state index in [9.17, 15) is 0 Å². The van der Waals surface area contributed by atoms with Crippen molar-refractivity contribution in [2.24, 2.45) is 4.99 Å². The SMILES string of the molecule is CCNC(=NCc1ccccc1OCCN1CCOCC1)NCc1nc(C)c(C)s1. The van der Waals surface area contributed by atoms with Crippen LogP contribution < -0.4 is 15.4 Å². The molecule has 1 fully saturated rings. The molecule has 1 aliphatic heterocycles. The quantitative estimate of drug-likeness (QED) is 0.470. The molecule has 0 unspecified atom stereocenters. The second-order valence-electron chi connectivity index (χ2n) is 7.21. The number of nitrogens with one attached hydrogen (secondary N) is 2. The number of nitrogens with zero attached hydrogens (tertiary/aromatic N) is 3. The summed E-state index contributed by atoms with van der Waals surface area (Å²) in [6.07, 6.45) is 0. The zero-order valence-electron chi connectivity index (χ0n) is 18.2. The lowest BCUT2D eigenvalue weighted by Crippen LogP contribution is -2.38. The lowest BCUT2D eigenvalue weighted by Gasteiger charge is -2.26. The largest absolute Gasteiger partial charge is 0.492 e. The van der Waals surface area contributed by atoms with Gasteiger partial charge in [0.05, 0.1) is 32.0 Å². The normalized spacial score (nSPS) is 15.2. The summed E-state index contributed by atoms with van der Waals surface area (Å²) in [4.78, 5) is 13.0. The first-order valence-corrected chi connectivity index (χ1v) is 11.4. The highest BCUT2D eigenvalue weighted by Gasteiger charge is 2.11. The summed E-state index contributed by atoms with van der Waals surface area (Å²) in [6.45, 7) is 13.4. The second kappa shape index (κ2) is 11.9. The molecule has 0 spiro atoms. The van der Waals surface area contributed by atoms with Gasteiger partial charge in [0.1, 0.15) is 17.4 Å². The highest BCUT2D eigenvalue weighted by Crippen LogP contribution is 2.19. The van der Waals surface area contributed by atoms with Gasteiger partial charge in [-0.25, -0.2) is 9.98 Å². The molecule has 0 saturated carbocycles. The van der Waals surface area contributed by atoms with Crippen LogP contribution in [0.25, 0.3) is 0 Å². The van der Waals surface area contributed by atoms with Gasteiger partial charge in [-0.3, -0.25) is 4.90 Å². The lowest BCUT2D eigenvalue weighted by molar-refractivity contribution is 0.0322. The van der Waals surface area contributed by atoms with Gasteiger partial charge in [-0.15, -0.1) is 11.3 Å². The first-order valence-electron chi connectivity index (χ1n) is 10.6. The third-order valence-corrected chi connectivity index (χ3v) is 6.05. The topological polar surface area (TPSA) is 71.0 Å². The number of hydrogen-bond acceptors (Lipinski definition) is 6. The number of para-hydroxylation sites is 1. The zero-order valence-corrected chi connectivity index (χ0v) is 19.1. The van der Waals surface area contributed by atoms with Crippen LogP contribution in [0.2, 0.25) is 0 Å². The van der Waals surface area contributed by atoms with Gasteiger partial charge in [0, 0.05) is 36.6 Å². The zero-order chi connectivity index (χ0) is 21.2. The van der Waals surface area contributed by atoms with Crippen molar-refractivity contribution in [1.29, 1.82) is 0 Å². The molecule has 30 heavy (non-hydrogen) atoms. The van der Waals surface area contributed by atoms with Crippen LogP contribution in [-0.2, 0) is 17.8 Å². The van der Waals surface area contributed by atoms with Gasteiger partial charge in [-0.2, -0.15) is 0 Å². The van der Waals surface area contributed by atoms with E-state index in [1.807, 2.05) is 25.1 Å². The minimum Gasteiger partial charge on any atom is -0.492 e. The average molecular weight is 432 g/mol. The standard InChI is InChI=1S/C22H33N5O2S/c1-4-23-22(25-16-21-26-17(2)18(3)30-21)24-15-19-7-5-6-8-20(19)29-14-11-27-9-12-28-13-10-27/h5-8H,4,9-16H2,1-3H3,(H2,23,24,25). The van der Waals surface area contributed by atoms with Crippen LogP contribution in [0.4, 0.5) is 0 Å². The predicted molar refractivity (Wildman–Crippen MR) is 122 cm³/mol. The van der Waals surface area contributed by atoms with Crippen molar-refractivity contribution in [3.05, 3.63) is 45.4 Å². The Balaban J connectivity index is 1.55. The number of rotatable bonds is 9. The Morgan fingerprint density at radius 3 is 2.77 bits per heavy atom. The van der Waals surface area contributed by atoms with E-state index in [0.29, 0.717) is 19.7 Å². The van der Waals surface area contributed by atoms with Gasteiger partial charge >= 0.3 is 0 Å². The average Bonchev–Trinajstić information content (AvgIpc) is 3.09. The molecule has 3 rings (SSSR count). The fourth-order valence-electron chi connectivity index (χ4n) is 3.16. The molecule has 1 aliphatic rings. The molecule has 1 aromatic carbocycles. The summed E-state index contributed by atoms with van der Waals surface area (Å²) >= 11 is 1.72. The summed E-state index contributed by atoms with van der Waals surface area (Å²) in [5.41, 5.74) is 2.18. The van der Waals surface area contributed by atoms with Crippen LogP contribution in [0, 0.1) is 13.8 Å². The van der Waals surface area contributed by atoms with Crippen LogP contribution in [0.15, 0.2) is 29.3 Å². The summed E-state index contributed by atoms with van der Waals surface area (Å²) < 4.78 is 11.5. The minimum absolute atomic E-state index is 0.555. The molecule has 1 aromatic heterocycles. The van der Waals surface area contributed by atoms with Crippen LogP contribution in [0.1, 0.15) is 28.1 Å². The number of aryl methyl sites for hydroxylation is 2. The molecule has 0 radical (unpaired) electrons. The minimum atomic E-state index is 0.555. The Morgan fingerprint density at radius 1 is 1.23 bits per heavy atom. The van der Waals surface area contributed by atoms with E-state index < -0.39 is 0 Å². The van der Waals surface area contributed by atoms with Crippen LogP contribution in [0.3, 0.4) is 0 Å². The Labute approximate surface area is 183 Å². The second-order valence-corrected chi connectivity index (χ2v) is 8.50. The van der Waals surface area contributed by atoms with E-state index in [1.165, 1.54) is 4.88 Å². The summed E-state index contributed by atoms with van der Waals surface area (Å²) in [5, 5.41) is 7.76.